The van der Waals surface area contributed by atoms with Crippen LogP contribution in [0.2, 0.25) is 0 Å². The lowest BCUT2D eigenvalue weighted by atomic mass is 9.77. The summed E-state index contributed by atoms with van der Waals surface area (Å²) in [4.78, 5) is 2.41. The Morgan fingerprint density at radius 3 is 2.00 bits per heavy atom. The summed E-state index contributed by atoms with van der Waals surface area (Å²) in [7, 11) is 3.38. The standard InChI is InChI=1S/C25H34N2O3/c1-29-23-16-22(17-24(18-23)30-2)27-14-10-21(11-15-27)26-20-8-12-25(28,13-9-20)19-6-4-3-5-7-19/h3-7,16-18,20-21,26,28H,8-15H2,1-2H3. The maximum absolute atomic E-state index is 11.1. The number of anilines is 1. The summed E-state index contributed by atoms with van der Waals surface area (Å²) in [6.45, 7) is 2.04. The van der Waals surface area contributed by atoms with Crippen LogP contribution in [0.4, 0.5) is 5.69 Å². The van der Waals surface area contributed by atoms with Crippen molar-refractivity contribution < 1.29 is 14.6 Å². The molecule has 1 aliphatic carbocycles. The molecule has 30 heavy (non-hydrogen) atoms. The fraction of sp³-hybridized carbons (Fsp3) is 0.520. The van der Waals surface area contributed by atoms with Crippen molar-refractivity contribution in [3.05, 3.63) is 54.1 Å². The van der Waals surface area contributed by atoms with Crippen molar-refractivity contribution in [1.29, 1.82) is 0 Å². The average molecular weight is 411 g/mol. The topological polar surface area (TPSA) is 54.0 Å². The third-order valence-electron chi connectivity index (χ3n) is 6.79. The van der Waals surface area contributed by atoms with Crippen LogP contribution in [0.3, 0.4) is 0 Å². The molecule has 2 aromatic carbocycles. The van der Waals surface area contributed by atoms with Crippen LogP contribution < -0.4 is 19.7 Å². The number of benzene rings is 2. The Hall–Kier alpha value is -2.24. The molecule has 2 fully saturated rings. The highest BCUT2D eigenvalue weighted by Gasteiger charge is 2.35. The molecule has 4 rings (SSSR count). The molecule has 1 heterocycles. The van der Waals surface area contributed by atoms with Gasteiger partial charge in [-0.25, -0.2) is 0 Å². The van der Waals surface area contributed by atoms with E-state index in [0.717, 1.165) is 74.4 Å². The van der Waals surface area contributed by atoms with E-state index in [4.69, 9.17) is 9.47 Å². The number of rotatable bonds is 6. The highest BCUT2D eigenvalue weighted by Crippen LogP contribution is 2.37. The van der Waals surface area contributed by atoms with Crippen LogP contribution in [0, 0.1) is 0 Å². The Morgan fingerprint density at radius 1 is 0.867 bits per heavy atom. The molecule has 162 valence electrons. The summed E-state index contributed by atoms with van der Waals surface area (Å²) >= 11 is 0. The third-order valence-corrected chi connectivity index (χ3v) is 6.79. The smallest absolute Gasteiger partial charge is 0.124 e. The van der Waals surface area contributed by atoms with E-state index < -0.39 is 5.60 Å². The largest absolute Gasteiger partial charge is 0.497 e. The normalized spacial score (nSPS) is 25.2. The minimum atomic E-state index is -0.659. The van der Waals surface area contributed by atoms with Crippen molar-refractivity contribution >= 4 is 5.69 Å². The van der Waals surface area contributed by atoms with Gasteiger partial charge in [0.1, 0.15) is 11.5 Å². The number of ether oxygens (including phenoxy) is 2. The van der Waals surface area contributed by atoms with Gasteiger partial charge >= 0.3 is 0 Å². The molecule has 0 spiro atoms. The van der Waals surface area contributed by atoms with Crippen molar-refractivity contribution in [2.45, 2.75) is 56.2 Å². The first kappa shape index (κ1) is 21.0. The van der Waals surface area contributed by atoms with Crippen LogP contribution in [0.5, 0.6) is 11.5 Å². The zero-order chi connectivity index (χ0) is 21.0. The Bertz CT molecular complexity index is 788. The summed E-state index contributed by atoms with van der Waals surface area (Å²) in [6, 6.07) is 17.3. The minimum Gasteiger partial charge on any atom is -0.497 e. The quantitative estimate of drug-likeness (QED) is 0.751. The van der Waals surface area contributed by atoms with E-state index in [1.54, 1.807) is 14.2 Å². The van der Waals surface area contributed by atoms with Crippen LogP contribution in [-0.4, -0.2) is 44.5 Å². The predicted octanol–water partition coefficient (Wildman–Crippen LogP) is 4.09. The molecular formula is C25H34N2O3. The monoisotopic (exact) mass is 410 g/mol. The number of piperidine rings is 1. The zero-order valence-electron chi connectivity index (χ0n) is 18.1. The fourth-order valence-corrected chi connectivity index (χ4v) is 4.91. The second kappa shape index (κ2) is 9.27. The van der Waals surface area contributed by atoms with Crippen LogP contribution in [-0.2, 0) is 5.60 Å². The Labute approximate surface area is 180 Å². The first-order chi connectivity index (χ1) is 14.6. The number of hydrogen-bond donors (Lipinski definition) is 2. The van der Waals surface area contributed by atoms with Crippen molar-refractivity contribution in [1.82, 2.24) is 5.32 Å². The van der Waals surface area contributed by atoms with Crippen molar-refractivity contribution in [2.75, 3.05) is 32.2 Å². The van der Waals surface area contributed by atoms with Gasteiger partial charge in [-0.1, -0.05) is 30.3 Å². The molecule has 1 aliphatic heterocycles. The van der Waals surface area contributed by atoms with E-state index in [-0.39, 0.29) is 0 Å². The van der Waals surface area contributed by atoms with Crippen LogP contribution >= 0.6 is 0 Å². The summed E-state index contributed by atoms with van der Waals surface area (Å²) in [5.41, 5.74) is 1.56. The number of hydrogen-bond acceptors (Lipinski definition) is 5. The lowest BCUT2D eigenvalue weighted by Crippen LogP contribution is -2.48. The highest BCUT2D eigenvalue weighted by atomic mass is 16.5. The first-order valence-corrected chi connectivity index (χ1v) is 11.1. The molecule has 2 aliphatic rings. The van der Waals surface area contributed by atoms with Crippen molar-refractivity contribution in [2.24, 2.45) is 0 Å². The first-order valence-electron chi connectivity index (χ1n) is 11.1. The van der Waals surface area contributed by atoms with Crippen molar-refractivity contribution in [3.63, 3.8) is 0 Å². The summed E-state index contributed by atoms with van der Waals surface area (Å²) in [6.07, 6.45) is 5.96. The van der Waals surface area contributed by atoms with Gasteiger partial charge in [-0.15, -0.1) is 0 Å². The fourth-order valence-electron chi connectivity index (χ4n) is 4.91. The molecule has 0 atom stereocenters. The Kier molecular flexibility index (Phi) is 6.49. The third kappa shape index (κ3) is 4.73. The van der Waals surface area contributed by atoms with Crippen LogP contribution in [0.25, 0.3) is 0 Å². The van der Waals surface area contributed by atoms with Crippen LogP contribution in [0.15, 0.2) is 48.5 Å². The van der Waals surface area contributed by atoms with E-state index in [0.29, 0.717) is 12.1 Å². The molecule has 2 aromatic rings. The van der Waals surface area contributed by atoms with E-state index in [1.807, 2.05) is 24.3 Å². The lowest BCUT2D eigenvalue weighted by molar-refractivity contribution is -0.00964. The van der Waals surface area contributed by atoms with Gasteiger partial charge in [0.2, 0.25) is 0 Å². The van der Waals surface area contributed by atoms with Crippen LogP contribution in [0.1, 0.15) is 44.1 Å². The van der Waals surface area contributed by atoms with Gasteiger partial charge in [-0.05, 0) is 44.1 Å². The molecule has 2 N–H and O–H groups in total. The maximum Gasteiger partial charge on any atom is 0.124 e. The molecule has 0 bridgehead atoms. The van der Waals surface area contributed by atoms with Gasteiger partial charge in [-0.3, -0.25) is 0 Å². The van der Waals surface area contributed by atoms with E-state index in [1.165, 1.54) is 0 Å². The van der Waals surface area contributed by atoms with E-state index >= 15 is 0 Å². The molecule has 1 saturated carbocycles. The molecule has 0 unspecified atom stereocenters. The summed E-state index contributed by atoms with van der Waals surface area (Å²) < 4.78 is 10.8. The lowest BCUT2D eigenvalue weighted by Gasteiger charge is -2.40. The highest BCUT2D eigenvalue weighted by molar-refractivity contribution is 5.56. The number of nitrogens with one attached hydrogen (secondary N) is 1. The van der Waals surface area contributed by atoms with Gasteiger partial charge in [0, 0.05) is 49.1 Å². The van der Waals surface area contributed by atoms with Gasteiger partial charge in [0.05, 0.1) is 19.8 Å². The summed E-state index contributed by atoms with van der Waals surface area (Å²) in [5, 5.41) is 14.9. The molecule has 0 aromatic heterocycles. The SMILES string of the molecule is COc1cc(OC)cc(N2CCC(NC3CCC(O)(c4ccccc4)CC3)CC2)c1. The van der Waals surface area contributed by atoms with Crippen molar-refractivity contribution in [3.8, 4) is 11.5 Å². The molecule has 5 nitrogen and oxygen atoms in total. The number of nitrogens with zero attached hydrogens (tertiary/aromatic N) is 1. The minimum absolute atomic E-state index is 0.502. The maximum atomic E-state index is 11.1. The van der Waals surface area contributed by atoms with E-state index in [9.17, 15) is 5.11 Å². The van der Waals surface area contributed by atoms with Gasteiger partial charge in [-0.2, -0.15) is 0 Å². The predicted molar refractivity (Wildman–Crippen MR) is 121 cm³/mol. The molecule has 0 radical (unpaired) electrons. The molecule has 5 heteroatoms. The Balaban J connectivity index is 1.28. The summed E-state index contributed by atoms with van der Waals surface area (Å²) in [5.74, 6) is 1.66. The van der Waals surface area contributed by atoms with Gasteiger partial charge in [0.15, 0.2) is 0 Å². The van der Waals surface area contributed by atoms with E-state index in [2.05, 4.69) is 34.5 Å². The number of aliphatic hydroxyl groups is 1. The zero-order valence-corrected chi connectivity index (χ0v) is 18.1. The number of methoxy groups -OCH3 is 2. The Morgan fingerprint density at radius 2 is 1.43 bits per heavy atom. The second-order valence-electron chi connectivity index (χ2n) is 8.67. The van der Waals surface area contributed by atoms with Gasteiger partial charge in [0.25, 0.3) is 0 Å². The molecule has 1 saturated heterocycles. The average Bonchev–Trinajstić information content (AvgIpc) is 2.81. The molecular weight excluding hydrogens is 376 g/mol. The molecule has 0 amide bonds. The van der Waals surface area contributed by atoms with Gasteiger partial charge < -0.3 is 24.8 Å². The second-order valence-corrected chi connectivity index (χ2v) is 8.67.